The molecule has 1 heterocycles. The second-order valence-corrected chi connectivity index (χ2v) is 6.96. The summed E-state index contributed by atoms with van der Waals surface area (Å²) in [6, 6.07) is 19.6. The van der Waals surface area contributed by atoms with E-state index in [1.165, 1.54) is 17.5 Å². The van der Waals surface area contributed by atoms with Gasteiger partial charge in [-0.15, -0.1) is 24.8 Å². The molecule has 0 amide bonds. The molecule has 2 atom stereocenters. The van der Waals surface area contributed by atoms with Gasteiger partial charge < -0.3 is 10.1 Å². The second kappa shape index (κ2) is 12.2. The molecule has 5 heteroatoms. The van der Waals surface area contributed by atoms with Gasteiger partial charge in [-0.1, -0.05) is 62.7 Å². The molecule has 1 unspecified atom stereocenters. The van der Waals surface area contributed by atoms with E-state index in [-0.39, 0.29) is 24.8 Å². The summed E-state index contributed by atoms with van der Waals surface area (Å²) in [4.78, 5) is 2.63. The van der Waals surface area contributed by atoms with Gasteiger partial charge in [0.25, 0.3) is 0 Å². The third kappa shape index (κ3) is 6.69. The maximum Gasteiger partial charge on any atom is 0.119 e. The molecule has 3 nitrogen and oxygen atoms in total. The van der Waals surface area contributed by atoms with Crippen LogP contribution in [-0.4, -0.2) is 31.1 Å². The first kappa shape index (κ1) is 23.8. The summed E-state index contributed by atoms with van der Waals surface area (Å²) in [7, 11) is 0. The van der Waals surface area contributed by atoms with Gasteiger partial charge in [0, 0.05) is 32.2 Å². The van der Waals surface area contributed by atoms with Crippen molar-refractivity contribution in [1.82, 2.24) is 10.2 Å². The molecule has 27 heavy (non-hydrogen) atoms. The van der Waals surface area contributed by atoms with Gasteiger partial charge in [0.1, 0.15) is 12.4 Å². The lowest BCUT2D eigenvalue weighted by molar-refractivity contribution is 0.128. The number of nitrogens with zero attached hydrogens (tertiary/aromatic N) is 1. The Hall–Kier alpha value is -1.26. The Balaban J connectivity index is 0.00000182. The number of rotatable bonds is 7. The molecule has 2 aromatic rings. The van der Waals surface area contributed by atoms with Crippen LogP contribution in [0.1, 0.15) is 37.4 Å². The van der Waals surface area contributed by atoms with E-state index in [2.05, 4.69) is 60.5 Å². The Kier molecular flexibility index (Phi) is 10.8. The highest BCUT2D eigenvalue weighted by Gasteiger charge is 2.26. The molecule has 1 N–H and O–H groups in total. The molecule has 3 rings (SSSR count). The molecule has 0 saturated carbocycles. The summed E-state index contributed by atoms with van der Waals surface area (Å²) >= 11 is 0. The molecule has 0 aromatic heterocycles. The standard InChI is InChI=1S/C22H30N2O.2ClH/c1-3-18(2)22(24-15-13-23-14-16-24)20-9-11-21(12-10-20)25-17-19-7-5-4-6-8-19;;/h4-12,18,22-23H,3,13-17H2,1-2H3;2*1H/t18?,22-;;/m0../s1. The average Bonchev–Trinajstić information content (AvgIpc) is 2.69. The monoisotopic (exact) mass is 410 g/mol. The zero-order valence-electron chi connectivity index (χ0n) is 16.3. The minimum absolute atomic E-state index is 0. The highest BCUT2D eigenvalue weighted by molar-refractivity contribution is 5.85. The van der Waals surface area contributed by atoms with Gasteiger partial charge >= 0.3 is 0 Å². The summed E-state index contributed by atoms with van der Waals surface area (Å²) in [6.07, 6.45) is 1.20. The van der Waals surface area contributed by atoms with Crippen LogP contribution in [-0.2, 0) is 6.61 Å². The van der Waals surface area contributed by atoms with Crippen LogP contribution in [0.15, 0.2) is 54.6 Å². The van der Waals surface area contributed by atoms with Gasteiger partial charge in [0.15, 0.2) is 0 Å². The number of hydrogen-bond donors (Lipinski definition) is 1. The lowest BCUT2D eigenvalue weighted by Crippen LogP contribution is -2.46. The fraction of sp³-hybridized carbons (Fsp3) is 0.455. The van der Waals surface area contributed by atoms with Crippen LogP contribution in [0.3, 0.4) is 0 Å². The van der Waals surface area contributed by atoms with E-state index in [0.717, 1.165) is 31.9 Å². The molecular weight excluding hydrogens is 379 g/mol. The van der Waals surface area contributed by atoms with Crippen molar-refractivity contribution in [2.75, 3.05) is 26.2 Å². The zero-order valence-corrected chi connectivity index (χ0v) is 17.9. The average molecular weight is 411 g/mol. The van der Waals surface area contributed by atoms with Crippen molar-refractivity contribution in [3.8, 4) is 5.75 Å². The molecule has 1 saturated heterocycles. The van der Waals surface area contributed by atoms with Crippen LogP contribution in [0.4, 0.5) is 0 Å². The molecule has 1 fully saturated rings. The van der Waals surface area contributed by atoms with Crippen LogP contribution in [0.25, 0.3) is 0 Å². The van der Waals surface area contributed by atoms with Crippen LogP contribution in [0.2, 0.25) is 0 Å². The Bertz CT molecular complexity index is 631. The highest BCUT2D eigenvalue weighted by Crippen LogP contribution is 2.32. The van der Waals surface area contributed by atoms with Crippen LogP contribution >= 0.6 is 24.8 Å². The Labute approximate surface area is 176 Å². The predicted octanol–water partition coefficient (Wildman–Crippen LogP) is 5.10. The number of benzene rings is 2. The third-order valence-corrected chi connectivity index (χ3v) is 5.20. The number of hydrogen-bond acceptors (Lipinski definition) is 3. The van der Waals surface area contributed by atoms with Crippen LogP contribution in [0, 0.1) is 5.92 Å². The molecular formula is C22H32Cl2N2O. The lowest BCUT2D eigenvalue weighted by Gasteiger charge is -2.38. The van der Waals surface area contributed by atoms with E-state index in [1.54, 1.807) is 0 Å². The van der Waals surface area contributed by atoms with Gasteiger partial charge in [-0.3, -0.25) is 4.90 Å². The van der Waals surface area contributed by atoms with Crippen molar-refractivity contribution < 1.29 is 4.74 Å². The Morgan fingerprint density at radius 3 is 2.19 bits per heavy atom. The fourth-order valence-electron chi connectivity index (χ4n) is 3.58. The van der Waals surface area contributed by atoms with Crippen LogP contribution < -0.4 is 10.1 Å². The number of nitrogens with one attached hydrogen (secondary N) is 1. The zero-order chi connectivity index (χ0) is 17.5. The fourth-order valence-corrected chi connectivity index (χ4v) is 3.58. The number of halogens is 2. The molecule has 1 aliphatic rings. The molecule has 0 bridgehead atoms. The molecule has 0 aliphatic carbocycles. The third-order valence-electron chi connectivity index (χ3n) is 5.20. The van der Waals surface area contributed by atoms with Crippen molar-refractivity contribution in [2.24, 2.45) is 5.92 Å². The molecule has 0 radical (unpaired) electrons. The molecule has 150 valence electrons. The van der Waals surface area contributed by atoms with Crippen molar-refractivity contribution in [3.63, 3.8) is 0 Å². The van der Waals surface area contributed by atoms with E-state index < -0.39 is 0 Å². The molecule has 1 aliphatic heterocycles. The van der Waals surface area contributed by atoms with Crippen molar-refractivity contribution >= 4 is 24.8 Å². The Morgan fingerprint density at radius 2 is 1.59 bits per heavy atom. The van der Waals surface area contributed by atoms with Crippen molar-refractivity contribution in [3.05, 3.63) is 65.7 Å². The largest absolute Gasteiger partial charge is 0.489 e. The summed E-state index contributed by atoms with van der Waals surface area (Å²) in [5.74, 6) is 1.59. The highest BCUT2D eigenvalue weighted by atomic mass is 35.5. The maximum absolute atomic E-state index is 5.94. The smallest absolute Gasteiger partial charge is 0.119 e. The second-order valence-electron chi connectivity index (χ2n) is 6.96. The van der Waals surface area contributed by atoms with Crippen molar-refractivity contribution in [1.29, 1.82) is 0 Å². The quantitative estimate of drug-likeness (QED) is 0.686. The van der Waals surface area contributed by atoms with E-state index in [4.69, 9.17) is 4.74 Å². The summed E-state index contributed by atoms with van der Waals surface area (Å²) in [6.45, 7) is 9.70. The number of piperazine rings is 1. The predicted molar refractivity (Wildman–Crippen MR) is 118 cm³/mol. The number of ether oxygens (including phenoxy) is 1. The van der Waals surface area contributed by atoms with E-state index in [1.807, 2.05) is 18.2 Å². The van der Waals surface area contributed by atoms with E-state index >= 15 is 0 Å². The minimum atomic E-state index is 0. The maximum atomic E-state index is 5.94. The topological polar surface area (TPSA) is 24.5 Å². The first-order valence-corrected chi connectivity index (χ1v) is 9.49. The summed E-state index contributed by atoms with van der Waals surface area (Å²) < 4.78 is 5.94. The molecule has 2 aromatic carbocycles. The lowest BCUT2D eigenvalue weighted by atomic mass is 9.90. The van der Waals surface area contributed by atoms with E-state index in [9.17, 15) is 0 Å². The van der Waals surface area contributed by atoms with Crippen LogP contribution in [0.5, 0.6) is 5.75 Å². The van der Waals surface area contributed by atoms with E-state index in [0.29, 0.717) is 18.6 Å². The van der Waals surface area contributed by atoms with Gasteiger partial charge in [0.05, 0.1) is 0 Å². The summed E-state index contributed by atoms with van der Waals surface area (Å²) in [5.41, 5.74) is 2.60. The minimum Gasteiger partial charge on any atom is -0.489 e. The normalized spacial score (nSPS) is 16.5. The van der Waals surface area contributed by atoms with Gasteiger partial charge in [-0.05, 0) is 29.2 Å². The van der Waals surface area contributed by atoms with Gasteiger partial charge in [-0.2, -0.15) is 0 Å². The Morgan fingerprint density at radius 1 is 0.963 bits per heavy atom. The first-order valence-electron chi connectivity index (χ1n) is 9.49. The van der Waals surface area contributed by atoms with Gasteiger partial charge in [0.2, 0.25) is 0 Å². The van der Waals surface area contributed by atoms with Crippen molar-refractivity contribution in [2.45, 2.75) is 32.9 Å². The van der Waals surface area contributed by atoms with Gasteiger partial charge in [-0.25, -0.2) is 0 Å². The summed E-state index contributed by atoms with van der Waals surface area (Å²) in [5, 5.41) is 3.46. The first-order chi connectivity index (χ1) is 12.3. The molecule has 0 spiro atoms. The SMILES string of the molecule is CCC(C)[C@@H](c1ccc(OCc2ccccc2)cc1)N1CCNCC1.Cl.Cl.